The molecule has 0 radical (unpaired) electrons. The molecule has 0 spiro atoms. The van der Waals surface area contributed by atoms with Crippen molar-refractivity contribution in [2.24, 2.45) is 11.8 Å². The molecule has 2 saturated heterocycles. The van der Waals surface area contributed by atoms with Gasteiger partial charge in [-0.05, 0) is 50.0 Å². The lowest BCUT2D eigenvalue weighted by Crippen LogP contribution is -2.62. The van der Waals surface area contributed by atoms with E-state index in [9.17, 15) is 14.7 Å². The highest BCUT2D eigenvalue weighted by molar-refractivity contribution is 5.81. The van der Waals surface area contributed by atoms with Crippen LogP contribution in [-0.2, 0) is 11.3 Å². The normalized spacial score (nSPS) is 22.5. The first-order valence-corrected chi connectivity index (χ1v) is 12.0. The Morgan fingerprint density at radius 1 is 1.03 bits per heavy atom. The van der Waals surface area contributed by atoms with E-state index in [4.69, 9.17) is 0 Å². The van der Waals surface area contributed by atoms with Crippen LogP contribution in [0.1, 0.15) is 57.9 Å². The fraction of sp³-hybridized carbons (Fsp3) is 0.680. The monoisotopic (exact) mass is 427 g/mol. The molecule has 170 valence electrons. The maximum atomic E-state index is 13.1. The zero-order valence-electron chi connectivity index (χ0n) is 19.0. The van der Waals surface area contributed by atoms with Crippen molar-refractivity contribution >= 4 is 12.0 Å². The smallest absolute Gasteiger partial charge is 0.407 e. The fourth-order valence-electron chi connectivity index (χ4n) is 5.70. The van der Waals surface area contributed by atoms with Crippen molar-refractivity contribution in [2.45, 2.75) is 70.5 Å². The van der Waals surface area contributed by atoms with Crippen LogP contribution in [0.5, 0.6) is 0 Å². The quantitative estimate of drug-likeness (QED) is 0.744. The van der Waals surface area contributed by atoms with Gasteiger partial charge in [0, 0.05) is 50.2 Å². The first-order valence-electron chi connectivity index (χ1n) is 12.0. The number of piperidine rings is 2. The van der Waals surface area contributed by atoms with Gasteiger partial charge in [-0.15, -0.1) is 0 Å². The average molecular weight is 428 g/mol. The van der Waals surface area contributed by atoms with Gasteiger partial charge in [-0.2, -0.15) is 0 Å². The first kappa shape index (κ1) is 22.1. The Morgan fingerprint density at radius 2 is 1.65 bits per heavy atom. The summed E-state index contributed by atoms with van der Waals surface area (Å²) in [5.41, 5.74) is 1.28. The second-order valence-corrected chi connectivity index (χ2v) is 9.97. The Balaban J connectivity index is 1.43. The van der Waals surface area contributed by atoms with Crippen LogP contribution in [0, 0.1) is 11.8 Å². The van der Waals surface area contributed by atoms with Crippen molar-refractivity contribution in [1.29, 1.82) is 0 Å². The molecule has 3 fully saturated rings. The molecule has 1 aromatic rings. The number of amides is 2. The van der Waals surface area contributed by atoms with Crippen LogP contribution >= 0.6 is 0 Å². The van der Waals surface area contributed by atoms with Gasteiger partial charge in [-0.1, -0.05) is 44.2 Å². The van der Waals surface area contributed by atoms with Gasteiger partial charge in [0.1, 0.15) is 0 Å². The highest BCUT2D eigenvalue weighted by Gasteiger charge is 2.45. The van der Waals surface area contributed by atoms with Gasteiger partial charge >= 0.3 is 6.09 Å². The minimum Gasteiger partial charge on any atom is -0.465 e. The molecule has 6 nitrogen and oxygen atoms in total. The lowest BCUT2D eigenvalue weighted by Gasteiger charge is -2.54. The summed E-state index contributed by atoms with van der Waals surface area (Å²) in [5.74, 6) is 1.06. The number of nitrogens with zero attached hydrogens (tertiary/aromatic N) is 3. The van der Waals surface area contributed by atoms with Gasteiger partial charge in [-0.3, -0.25) is 9.69 Å². The number of hydrogen-bond donors (Lipinski definition) is 1. The molecule has 6 heteroatoms. The summed E-state index contributed by atoms with van der Waals surface area (Å²) in [5, 5.41) is 9.35. The summed E-state index contributed by atoms with van der Waals surface area (Å²) in [4.78, 5) is 30.8. The number of carbonyl (C=O) groups excluding carboxylic acids is 1. The van der Waals surface area contributed by atoms with E-state index in [1.165, 1.54) is 5.56 Å². The van der Waals surface area contributed by atoms with Crippen molar-refractivity contribution in [3.05, 3.63) is 35.9 Å². The fourth-order valence-corrected chi connectivity index (χ4v) is 5.70. The Hall–Kier alpha value is -2.08. The van der Waals surface area contributed by atoms with Crippen LogP contribution in [0.25, 0.3) is 0 Å². The van der Waals surface area contributed by atoms with E-state index in [2.05, 4.69) is 35.8 Å². The highest BCUT2D eigenvalue weighted by Crippen LogP contribution is 2.39. The molecular formula is C25H37N3O3. The predicted octanol–water partition coefficient (Wildman–Crippen LogP) is 4.06. The van der Waals surface area contributed by atoms with Gasteiger partial charge < -0.3 is 14.9 Å². The van der Waals surface area contributed by atoms with Crippen LogP contribution in [-0.4, -0.2) is 69.6 Å². The number of carboxylic acid groups (broad SMARTS) is 1. The molecule has 1 aromatic carbocycles. The number of benzene rings is 1. The number of rotatable bonds is 6. The summed E-state index contributed by atoms with van der Waals surface area (Å²) < 4.78 is 0. The van der Waals surface area contributed by atoms with Crippen molar-refractivity contribution in [3.8, 4) is 0 Å². The van der Waals surface area contributed by atoms with Crippen LogP contribution in [0.4, 0.5) is 4.79 Å². The molecule has 0 aromatic heterocycles. The summed E-state index contributed by atoms with van der Waals surface area (Å²) >= 11 is 0. The second-order valence-electron chi connectivity index (χ2n) is 9.97. The second kappa shape index (κ2) is 9.19. The van der Waals surface area contributed by atoms with Crippen LogP contribution in [0.2, 0.25) is 0 Å². The summed E-state index contributed by atoms with van der Waals surface area (Å²) in [6.45, 7) is 8.48. The lowest BCUT2D eigenvalue weighted by atomic mass is 9.75. The van der Waals surface area contributed by atoms with Crippen molar-refractivity contribution in [1.82, 2.24) is 14.7 Å². The molecule has 1 N–H and O–H groups in total. The van der Waals surface area contributed by atoms with Crippen molar-refractivity contribution in [2.75, 3.05) is 26.2 Å². The van der Waals surface area contributed by atoms with E-state index in [-0.39, 0.29) is 11.5 Å². The molecule has 0 bridgehead atoms. The van der Waals surface area contributed by atoms with E-state index >= 15 is 0 Å². The third-order valence-electron chi connectivity index (χ3n) is 7.91. The van der Waals surface area contributed by atoms with Crippen LogP contribution in [0.15, 0.2) is 30.3 Å². The van der Waals surface area contributed by atoms with E-state index in [0.29, 0.717) is 37.5 Å². The van der Waals surface area contributed by atoms with Crippen molar-refractivity contribution in [3.63, 3.8) is 0 Å². The predicted molar refractivity (Wildman–Crippen MR) is 121 cm³/mol. The molecule has 2 heterocycles. The summed E-state index contributed by atoms with van der Waals surface area (Å²) in [6.07, 6.45) is 5.09. The minimum atomic E-state index is -0.800. The molecule has 2 amide bonds. The topological polar surface area (TPSA) is 64.1 Å². The molecule has 3 aliphatic rings. The maximum absolute atomic E-state index is 13.1. The standard InChI is InChI=1S/C25H37N3O3/c1-19(2)25(12-16-26(17-13-25)24(30)31)27-14-10-22(11-15-27)28(23(29)21-8-9-21)18-20-6-4-3-5-7-20/h3-7,19,21-22H,8-18H2,1-2H3,(H,30,31). The van der Waals surface area contributed by atoms with Gasteiger partial charge in [0.05, 0.1) is 0 Å². The largest absolute Gasteiger partial charge is 0.465 e. The van der Waals surface area contributed by atoms with E-state index < -0.39 is 6.09 Å². The molecule has 31 heavy (non-hydrogen) atoms. The van der Waals surface area contributed by atoms with Crippen molar-refractivity contribution < 1.29 is 14.7 Å². The molecule has 1 aliphatic carbocycles. The minimum absolute atomic E-state index is 0.0711. The average Bonchev–Trinajstić information content (AvgIpc) is 3.63. The Labute approximate surface area is 186 Å². The van der Waals surface area contributed by atoms with Gasteiger partial charge in [-0.25, -0.2) is 4.79 Å². The molecule has 4 rings (SSSR count). The number of hydrogen-bond acceptors (Lipinski definition) is 3. The third-order valence-corrected chi connectivity index (χ3v) is 7.91. The number of carbonyl (C=O) groups is 2. The molecule has 0 atom stereocenters. The summed E-state index contributed by atoms with van der Waals surface area (Å²) in [7, 11) is 0. The lowest BCUT2D eigenvalue weighted by molar-refractivity contribution is -0.137. The first-order chi connectivity index (χ1) is 14.9. The van der Waals surface area contributed by atoms with E-state index in [1.807, 2.05) is 18.2 Å². The Kier molecular flexibility index (Phi) is 6.56. The summed E-state index contributed by atoms with van der Waals surface area (Å²) in [6, 6.07) is 10.7. The highest BCUT2D eigenvalue weighted by atomic mass is 16.4. The van der Waals surface area contributed by atoms with Gasteiger partial charge in [0.15, 0.2) is 0 Å². The number of likely N-dealkylation sites (tertiary alicyclic amines) is 2. The van der Waals surface area contributed by atoms with E-state index in [0.717, 1.165) is 51.6 Å². The molecular weight excluding hydrogens is 390 g/mol. The van der Waals surface area contributed by atoms with Gasteiger partial charge in [0.25, 0.3) is 0 Å². The SMILES string of the molecule is CC(C)C1(N2CCC(N(Cc3ccccc3)C(=O)C3CC3)CC2)CCN(C(=O)O)CC1. The zero-order valence-corrected chi connectivity index (χ0v) is 19.0. The van der Waals surface area contributed by atoms with Crippen LogP contribution < -0.4 is 0 Å². The maximum Gasteiger partial charge on any atom is 0.407 e. The molecule has 2 aliphatic heterocycles. The van der Waals surface area contributed by atoms with Gasteiger partial charge in [0.2, 0.25) is 5.91 Å². The third kappa shape index (κ3) is 4.74. The zero-order chi connectivity index (χ0) is 22.0. The Morgan fingerprint density at radius 3 is 2.16 bits per heavy atom. The molecule has 1 saturated carbocycles. The van der Waals surface area contributed by atoms with Crippen LogP contribution in [0.3, 0.4) is 0 Å². The Bertz CT molecular complexity index is 761. The molecule has 0 unspecified atom stereocenters. The van der Waals surface area contributed by atoms with E-state index in [1.54, 1.807) is 4.90 Å².